The predicted molar refractivity (Wildman–Crippen MR) is 88.5 cm³/mol. The minimum absolute atomic E-state index is 0.364. The molecule has 1 aromatic carbocycles. The molecule has 2 amide bonds. The number of hydrogen-bond donors (Lipinski definition) is 2. The maximum Gasteiger partial charge on any atom is 0.451 e. The molecular weight excluding hydrogens is 423 g/mol. The Bertz CT molecular complexity index is 1040. The molecule has 0 atom stereocenters. The molecular formula is C14H12F3N5O6S. The highest BCUT2D eigenvalue weighted by atomic mass is 32.2. The van der Waals surface area contributed by atoms with Crippen molar-refractivity contribution in [1.29, 1.82) is 0 Å². The number of benzene rings is 1. The number of esters is 1. The zero-order valence-corrected chi connectivity index (χ0v) is 15.5. The molecule has 0 unspecified atom stereocenters. The first-order chi connectivity index (χ1) is 13.5. The van der Waals surface area contributed by atoms with Gasteiger partial charge >= 0.3 is 24.2 Å². The average molecular weight is 435 g/mol. The average Bonchev–Trinajstić information content (AvgIpc) is 2.65. The third kappa shape index (κ3) is 5.28. The number of halogens is 3. The second-order valence-corrected chi connectivity index (χ2v) is 6.67. The summed E-state index contributed by atoms with van der Waals surface area (Å²) in [5, 5.41) is 1.73. The van der Waals surface area contributed by atoms with Crippen molar-refractivity contribution in [3.8, 4) is 6.01 Å². The molecule has 0 bridgehead atoms. The van der Waals surface area contributed by atoms with Crippen molar-refractivity contribution in [2.24, 2.45) is 0 Å². The molecule has 0 aliphatic rings. The molecule has 1 aromatic heterocycles. The second kappa shape index (κ2) is 8.26. The maximum absolute atomic E-state index is 12.8. The molecule has 2 aromatic rings. The van der Waals surface area contributed by atoms with E-state index in [-0.39, 0.29) is 5.56 Å². The standard InChI is InChI=1S/C14H12F3N5O6S/c1-27-9(23)7-5-3-4-6-8(7)29(25,26)22-12(24)20-11-18-10(14(15,16)17)19-13(21-11)28-2/h3-6H,1-2H3,(H2,18,19,20,21,22,24). The lowest BCUT2D eigenvalue weighted by Crippen LogP contribution is -2.36. The van der Waals surface area contributed by atoms with Crippen LogP contribution in [-0.4, -0.2) is 49.6 Å². The molecule has 29 heavy (non-hydrogen) atoms. The van der Waals surface area contributed by atoms with Crippen molar-refractivity contribution < 1.29 is 40.7 Å². The highest BCUT2D eigenvalue weighted by molar-refractivity contribution is 7.90. The van der Waals surface area contributed by atoms with E-state index in [2.05, 4.69) is 24.4 Å². The first kappa shape index (κ1) is 21.8. The zero-order chi connectivity index (χ0) is 21.8. The summed E-state index contributed by atoms with van der Waals surface area (Å²) >= 11 is 0. The van der Waals surface area contributed by atoms with Crippen LogP contribution in [0.5, 0.6) is 6.01 Å². The lowest BCUT2D eigenvalue weighted by atomic mass is 10.2. The van der Waals surface area contributed by atoms with Crippen LogP contribution >= 0.6 is 0 Å². The van der Waals surface area contributed by atoms with Gasteiger partial charge in [0.15, 0.2) is 0 Å². The number of hydrogen-bond acceptors (Lipinski definition) is 9. The first-order valence-corrected chi connectivity index (χ1v) is 8.84. The molecule has 0 aliphatic heterocycles. The summed E-state index contributed by atoms with van der Waals surface area (Å²) in [7, 11) is -2.60. The van der Waals surface area contributed by atoms with Crippen LogP contribution in [0, 0.1) is 0 Å². The van der Waals surface area contributed by atoms with Crippen molar-refractivity contribution in [3.05, 3.63) is 35.7 Å². The Morgan fingerprint density at radius 1 is 1.07 bits per heavy atom. The van der Waals surface area contributed by atoms with Gasteiger partial charge in [0, 0.05) is 0 Å². The fourth-order valence-electron chi connectivity index (χ4n) is 1.91. The van der Waals surface area contributed by atoms with Crippen LogP contribution in [0.3, 0.4) is 0 Å². The smallest absolute Gasteiger partial charge is 0.451 e. The Hall–Kier alpha value is -3.49. The van der Waals surface area contributed by atoms with Crippen molar-refractivity contribution in [3.63, 3.8) is 0 Å². The number of methoxy groups -OCH3 is 2. The summed E-state index contributed by atoms with van der Waals surface area (Å²) in [6.07, 6.45) is -4.98. The number of carbonyl (C=O) groups excluding carboxylic acids is 2. The van der Waals surface area contributed by atoms with Crippen molar-refractivity contribution >= 4 is 28.0 Å². The van der Waals surface area contributed by atoms with Gasteiger partial charge in [0.25, 0.3) is 10.0 Å². The molecule has 0 radical (unpaired) electrons. The molecule has 0 saturated carbocycles. The Morgan fingerprint density at radius 3 is 2.31 bits per heavy atom. The zero-order valence-electron chi connectivity index (χ0n) is 14.6. The van der Waals surface area contributed by atoms with Crippen molar-refractivity contribution in [2.75, 3.05) is 19.5 Å². The third-order valence-electron chi connectivity index (χ3n) is 3.09. The van der Waals surface area contributed by atoms with Crippen molar-refractivity contribution in [2.45, 2.75) is 11.1 Å². The van der Waals surface area contributed by atoms with E-state index in [0.717, 1.165) is 26.4 Å². The van der Waals surface area contributed by atoms with E-state index in [1.165, 1.54) is 16.9 Å². The molecule has 2 rings (SSSR count). The normalized spacial score (nSPS) is 11.5. The summed E-state index contributed by atoms with van der Waals surface area (Å²) in [5.74, 6) is -3.57. The van der Waals surface area contributed by atoms with Crippen LogP contribution in [-0.2, 0) is 20.9 Å². The van der Waals surface area contributed by atoms with Crippen LogP contribution in [0.1, 0.15) is 16.2 Å². The van der Waals surface area contributed by atoms with E-state index in [1.54, 1.807) is 5.32 Å². The summed E-state index contributed by atoms with van der Waals surface area (Å²) in [6, 6.07) is 2.56. The fraction of sp³-hybridized carbons (Fsp3) is 0.214. The van der Waals surface area contributed by atoms with Gasteiger partial charge in [0.2, 0.25) is 11.8 Å². The lowest BCUT2D eigenvalue weighted by molar-refractivity contribution is -0.145. The summed E-state index contributed by atoms with van der Waals surface area (Å²) in [4.78, 5) is 32.4. The number of amides is 2. The number of rotatable bonds is 5. The number of sulfonamides is 1. The van der Waals surface area contributed by atoms with E-state index in [4.69, 9.17) is 0 Å². The second-order valence-electron chi connectivity index (χ2n) is 5.01. The van der Waals surface area contributed by atoms with Gasteiger partial charge in [-0.15, -0.1) is 0 Å². The number of nitrogens with zero attached hydrogens (tertiary/aromatic N) is 3. The van der Waals surface area contributed by atoms with Gasteiger partial charge in [-0.1, -0.05) is 12.1 Å². The number of alkyl halides is 3. The van der Waals surface area contributed by atoms with Crippen LogP contribution in [0.2, 0.25) is 0 Å². The molecule has 11 nitrogen and oxygen atoms in total. The van der Waals surface area contributed by atoms with Crippen LogP contribution in [0.25, 0.3) is 0 Å². The first-order valence-electron chi connectivity index (χ1n) is 7.36. The van der Waals surface area contributed by atoms with Crippen LogP contribution in [0.15, 0.2) is 29.2 Å². The minimum atomic E-state index is -4.98. The number of anilines is 1. The highest BCUT2D eigenvalue weighted by Gasteiger charge is 2.36. The Balaban J connectivity index is 2.29. The maximum atomic E-state index is 12.8. The van der Waals surface area contributed by atoms with Gasteiger partial charge in [-0.2, -0.15) is 28.1 Å². The van der Waals surface area contributed by atoms with Gasteiger partial charge in [-0.25, -0.2) is 22.7 Å². The summed E-state index contributed by atoms with van der Waals surface area (Å²) in [5.41, 5.74) is -0.364. The molecule has 1 heterocycles. The number of ether oxygens (including phenoxy) is 2. The Kier molecular flexibility index (Phi) is 6.21. The van der Waals surface area contributed by atoms with E-state index in [0.29, 0.717) is 0 Å². The third-order valence-corrected chi connectivity index (χ3v) is 4.47. The van der Waals surface area contributed by atoms with Crippen LogP contribution in [0.4, 0.5) is 23.9 Å². The van der Waals surface area contributed by atoms with E-state index < -0.39 is 50.9 Å². The molecule has 0 fully saturated rings. The van der Waals surface area contributed by atoms with Gasteiger partial charge < -0.3 is 9.47 Å². The molecule has 0 spiro atoms. The number of nitrogens with one attached hydrogen (secondary N) is 2. The topological polar surface area (TPSA) is 149 Å². The fourth-order valence-corrected chi connectivity index (χ4v) is 3.02. The van der Waals surface area contributed by atoms with Crippen LogP contribution < -0.4 is 14.8 Å². The SMILES string of the molecule is COC(=O)c1ccccc1S(=O)(=O)NC(=O)Nc1nc(OC)nc(C(F)(F)F)n1. The Morgan fingerprint density at radius 2 is 1.72 bits per heavy atom. The van der Waals surface area contributed by atoms with E-state index >= 15 is 0 Å². The highest BCUT2D eigenvalue weighted by Crippen LogP contribution is 2.27. The summed E-state index contributed by atoms with van der Waals surface area (Å²) < 4.78 is 73.6. The lowest BCUT2D eigenvalue weighted by Gasteiger charge is -2.12. The monoisotopic (exact) mass is 435 g/mol. The Labute approximate surface area is 161 Å². The molecule has 15 heteroatoms. The number of urea groups is 1. The van der Waals surface area contributed by atoms with Crippen molar-refractivity contribution in [1.82, 2.24) is 19.7 Å². The molecule has 2 N–H and O–H groups in total. The number of carbonyl (C=O) groups is 2. The predicted octanol–water partition coefficient (Wildman–Crippen LogP) is 1.20. The quantitative estimate of drug-likeness (QED) is 0.660. The minimum Gasteiger partial charge on any atom is -0.467 e. The molecule has 0 aliphatic carbocycles. The van der Waals surface area contributed by atoms with Gasteiger partial charge in [-0.3, -0.25) is 5.32 Å². The largest absolute Gasteiger partial charge is 0.467 e. The van der Waals surface area contributed by atoms with Gasteiger partial charge in [-0.05, 0) is 12.1 Å². The van der Waals surface area contributed by atoms with Gasteiger partial charge in [0.1, 0.15) is 4.90 Å². The number of aromatic nitrogens is 3. The molecule has 156 valence electrons. The summed E-state index contributed by atoms with van der Waals surface area (Å²) in [6.45, 7) is 0. The van der Waals surface area contributed by atoms with E-state index in [1.807, 2.05) is 0 Å². The molecule has 0 saturated heterocycles. The van der Waals surface area contributed by atoms with Gasteiger partial charge in [0.05, 0.1) is 19.8 Å². The van der Waals surface area contributed by atoms with E-state index in [9.17, 15) is 31.2 Å².